The minimum Gasteiger partial charge on any atom is -0.370 e. The van der Waals surface area contributed by atoms with Gasteiger partial charge in [0.25, 0.3) is 0 Å². The number of aliphatic imine (C=N–C) groups is 1. The molecule has 0 spiro atoms. The highest BCUT2D eigenvalue weighted by atomic mass is 32.1. The summed E-state index contributed by atoms with van der Waals surface area (Å²) in [5.41, 5.74) is 7.38. The van der Waals surface area contributed by atoms with Crippen LogP contribution in [0, 0.1) is 12.8 Å². The number of nitrogens with zero attached hydrogens (tertiary/aromatic N) is 2. The first-order chi connectivity index (χ1) is 8.16. The summed E-state index contributed by atoms with van der Waals surface area (Å²) >= 11 is 1.76. The van der Waals surface area contributed by atoms with Gasteiger partial charge in [0.2, 0.25) is 0 Å². The van der Waals surface area contributed by atoms with Crippen molar-refractivity contribution in [2.75, 3.05) is 13.1 Å². The predicted molar refractivity (Wildman–Crippen MR) is 74.4 cm³/mol. The van der Waals surface area contributed by atoms with Crippen LogP contribution in [0.4, 0.5) is 0 Å². The zero-order chi connectivity index (χ0) is 12.3. The molecule has 1 fully saturated rings. The third kappa shape index (κ3) is 3.22. The maximum absolute atomic E-state index is 6.06. The van der Waals surface area contributed by atoms with Crippen molar-refractivity contribution >= 4 is 17.3 Å². The number of thiophene rings is 1. The molecule has 0 bridgehead atoms. The molecule has 2 rings (SSSR count). The van der Waals surface area contributed by atoms with Crippen molar-refractivity contribution in [3.63, 3.8) is 0 Å². The molecule has 4 heteroatoms. The number of guanidine groups is 1. The Balaban J connectivity index is 1.95. The van der Waals surface area contributed by atoms with Crippen molar-refractivity contribution in [3.8, 4) is 0 Å². The van der Waals surface area contributed by atoms with Crippen LogP contribution in [0.3, 0.4) is 0 Å². The molecule has 2 N–H and O–H groups in total. The van der Waals surface area contributed by atoms with E-state index in [2.05, 4.69) is 35.2 Å². The van der Waals surface area contributed by atoms with Gasteiger partial charge in [-0.3, -0.25) is 0 Å². The monoisotopic (exact) mass is 251 g/mol. The lowest BCUT2D eigenvalue weighted by Gasteiger charge is -2.31. The van der Waals surface area contributed by atoms with Gasteiger partial charge in [0, 0.05) is 18.0 Å². The topological polar surface area (TPSA) is 41.6 Å². The molecule has 0 aromatic carbocycles. The summed E-state index contributed by atoms with van der Waals surface area (Å²) in [7, 11) is 0. The van der Waals surface area contributed by atoms with Gasteiger partial charge in [-0.1, -0.05) is 6.92 Å². The van der Waals surface area contributed by atoms with Crippen LogP contribution in [0.1, 0.15) is 30.2 Å². The smallest absolute Gasteiger partial charge is 0.191 e. The maximum atomic E-state index is 6.06. The summed E-state index contributed by atoms with van der Waals surface area (Å²) in [6.45, 7) is 7.24. The molecule has 2 heterocycles. The Morgan fingerprint density at radius 3 is 3.12 bits per heavy atom. The highest BCUT2D eigenvalue weighted by Gasteiger charge is 2.17. The number of hydrogen-bond acceptors (Lipinski definition) is 2. The van der Waals surface area contributed by atoms with Gasteiger partial charge < -0.3 is 10.6 Å². The average molecular weight is 251 g/mol. The second kappa shape index (κ2) is 5.54. The Kier molecular flexibility index (Phi) is 4.05. The highest BCUT2D eigenvalue weighted by molar-refractivity contribution is 7.10. The molecule has 0 saturated carbocycles. The molecule has 3 nitrogen and oxygen atoms in total. The fraction of sp³-hybridized carbons (Fsp3) is 0.615. The summed E-state index contributed by atoms with van der Waals surface area (Å²) in [4.78, 5) is 8.05. The van der Waals surface area contributed by atoms with Crippen molar-refractivity contribution in [1.82, 2.24) is 4.90 Å². The number of rotatable bonds is 2. The lowest BCUT2D eigenvalue weighted by molar-refractivity contribution is 0.270. The minimum absolute atomic E-state index is 0.712. The van der Waals surface area contributed by atoms with E-state index < -0.39 is 0 Å². The molecule has 1 aromatic heterocycles. The SMILES string of the molecule is Cc1ccsc1CN=C(N)N1CCCC(C)C1. The summed E-state index contributed by atoms with van der Waals surface area (Å²) in [5.74, 6) is 1.45. The normalized spacial score (nSPS) is 21.9. The van der Waals surface area contributed by atoms with Crippen LogP contribution in [0.15, 0.2) is 16.4 Å². The lowest BCUT2D eigenvalue weighted by Crippen LogP contribution is -2.43. The first kappa shape index (κ1) is 12.4. The van der Waals surface area contributed by atoms with Crippen molar-refractivity contribution in [1.29, 1.82) is 0 Å². The third-order valence-corrected chi connectivity index (χ3v) is 4.34. The van der Waals surface area contributed by atoms with Crippen molar-refractivity contribution < 1.29 is 0 Å². The quantitative estimate of drug-likeness (QED) is 0.648. The van der Waals surface area contributed by atoms with Crippen LogP contribution in [0.25, 0.3) is 0 Å². The molecule has 1 saturated heterocycles. The molecule has 1 aromatic rings. The van der Waals surface area contributed by atoms with Crippen LogP contribution in [0.5, 0.6) is 0 Å². The molecule has 17 heavy (non-hydrogen) atoms. The number of hydrogen-bond donors (Lipinski definition) is 1. The van der Waals surface area contributed by atoms with Crippen molar-refractivity contribution in [2.45, 2.75) is 33.2 Å². The number of nitrogens with two attached hydrogens (primary N) is 1. The second-order valence-electron chi connectivity index (χ2n) is 4.89. The van der Waals surface area contributed by atoms with E-state index in [1.54, 1.807) is 11.3 Å². The fourth-order valence-electron chi connectivity index (χ4n) is 2.22. The maximum Gasteiger partial charge on any atom is 0.191 e. The second-order valence-corrected chi connectivity index (χ2v) is 5.90. The van der Waals surface area contributed by atoms with Gasteiger partial charge in [0.15, 0.2) is 5.96 Å². The van der Waals surface area contributed by atoms with Crippen LogP contribution in [-0.4, -0.2) is 23.9 Å². The van der Waals surface area contributed by atoms with E-state index in [1.165, 1.54) is 23.3 Å². The molecule has 1 unspecified atom stereocenters. The van der Waals surface area contributed by atoms with Gasteiger partial charge in [0.05, 0.1) is 6.54 Å². The van der Waals surface area contributed by atoms with Crippen molar-refractivity contribution in [3.05, 3.63) is 21.9 Å². The van der Waals surface area contributed by atoms with Gasteiger partial charge in [-0.25, -0.2) is 4.99 Å². The van der Waals surface area contributed by atoms with E-state index in [-0.39, 0.29) is 0 Å². The Hall–Kier alpha value is -1.03. The summed E-state index contributed by atoms with van der Waals surface area (Å²) < 4.78 is 0. The number of piperidine rings is 1. The molecule has 94 valence electrons. The first-order valence-corrected chi connectivity index (χ1v) is 7.12. The number of likely N-dealkylation sites (tertiary alicyclic amines) is 1. The van der Waals surface area contributed by atoms with E-state index >= 15 is 0 Å². The van der Waals surface area contributed by atoms with Crippen LogP contribution < -0.4 is 5.73 Å². The Labute approximate surface area is 107 Å². The largest absolute Gasteiger partial charge is 0.370 e. The van der Waals surface area contributed by atoms with Gasteiger partial charge in [0.1, 0.15) is 0 Å². The van der Waals surface area contributed by atoms with E-state index in [4.69, 9.17) is 5.73 Å². The summed E-state index contributed by atoms with van der Waals surface area (Å²) in [5, 5.41) is 2.11. The van der Waals surface area contributed by atoms with Gasteiger partial charge in [-0.05, 0) is 42.7 Å². The van der Waals surface area contributed by atoms with Gasteiger partial charge >= 0.3 is 0 Å². The summed E-state index contributed by atoms with van der Waals surface area (Å²) in [6, 6.07) is 2.13. The molecule has 0 aliphatic carbocycles. The fourth-order valence-corrected chi connectivity index (χ4v) is 3.05. The highest BCUT2D eigenvalue weighted by Crippen LogP contribution is 2.18. The summed E-state index contributed by atoms with van der Waals surface area (Å²) in [6.07, 6.45) is 2.54. The van der Waals surface area contributed by atoms with Crippen LogP contribution in [0.2, 0.25) is 0 Å². The standard InChI is InChI=1S/C13H21N3S/c1-10-4-3-6-16(9-10)13(14)15-8-12-11(2)5-7-17-12/h5,7,10H,3-4,6,8-9H2,1-2H3,(H2,14,15). The molecule has 1 atom stereocenters. The van der Waals surface area contributed by atoms with E-state index in [9.17, 15) is 0 Å². The zero-order valence-corrected chi connectivity index (χ0v) is 11.5. The van der Waals surface area contributed by atoms with Crippen LogP contribution >= 0.6 is 11.3 Å². The lowest BCUT2D eigenvalue weighted by atomic mass is 10.0. The van der Waals surface area contributed by atoms with Gasteiger partial charge in [-0.2, -0.15) is 0 Å². The van der Waals surface area contributed by atoms with E-state index in [1.807, 2.05) is 0 Å². The first-order valence-electron chi connectivity index (χ1n) is 6.24. The Morgan fingerprint density at radius 2 is 2.47 bits per heavy atom. The molecule has 1 aliphatic rings. The molecular weight excluding hydrogens is 230 g/mol. The van der Waals surface area contributed by atoms with Gasteiger partial charge in [-0.15, -0.1) is 11.3 Å². The van der Waals surface area contributed by atoms with Crippen molar-refractivity contribution in [2.24, 2.45) is 16.6 Å². The predicted octanol–water partition coefficient (Wildman–Crippen LogP) is 2.60. The molecular formula is C13H21N3S. The average Bonchev–Trinajstić information content (AvgIpc) is 2.72. The molecule has 1 aliphatic heterocycles. The molecule has 0 amide bonds. The van der Waals surface area contributed by atoms with E-state index in [0.29, 0.717) is 5.96 Å². The minimum atomic E-state index is 0.712. The Morgan fingerprint density at radius 1 is 1.65 bits per heavy atom. The third-order valence-electron chi connectivity index (χ3n) is 3.33. The van der Waals surface area contributed by atoms with E-state index in [0.717, 1.165) is 25.6 Å². The molecule has 0 radical (unpaired) electrons. The number of aryl methyl sites for hydroxylation is 1. The zero-order valence-electron chi connectivity index (χ0n) is 10.6. The Bertz CT molecular complexity index is 397. The van der Waals surface area contributed by atoms with Crippen LogP contribution in [-0.2, 0) is 6.54 Å².